The van der Waals surface area contributed by atoms with Crippen LogP contribution in [-0.2, 0) is 0 Å². The number of benzene rings is 8. The zero-order chi connectivity index (χ0) is 32.3. The van der Waals surface area contributed by atoms with Gasteiger partial charge in [0.15, 0.2) is 5.58 Å². The van der Waals surface area contributed by atoms with Crippen LogP contribution in [0.25, 0.3) is 77.2 Å². The summed E-state index contributed by atoms with van der Waals surface area (Å²) in [7, 11) is 0. The first kappa shape index (κ1) is 27.5. The van der Waals surface area contributed by atoms with Crippen LogP contribution in [0, 0.1) is 0 Å². The molecule has 0 atom stereocenters. The maximum absolute atomic E-state index is 6.61. The predicted molar refractivity (Wildman–Crippen MR) is 202 cm³/mol. The molecule has 10 rings (SSSR count). The van der Waals surface area contributed by atoms with Crippen LogP contribution in [0.2, 0.25) is 0 Å². The Morgan fingerprint density at radius 1 is 0.408 bits per heavy atom. The lowest BCUT2D eigenvalue weighted by Gasteiger charge is -2.26. The summed E-state index contributed by atoms with van der Waals surface area (Å²) in [6.07, 6.45) is 0. The first-order valence-corrected chi connectivity index (χ1v) is 16.5. The third-order valence-corrected chi connectivity index (χ3v) is 9.46. The predicted octanol–water partition coefficient (Wildman–Crippen LogP) is 12.8. The van der Waals surface area contributed by atoms with E-state index in [1.165, 1.54) is 16.5 Å². The Labute approximate surface area is 282 Å². The number of para-hydroxylation sites is 1. The molecule has 0 spiro atoms. The van der Waals surface area contributed by atoms with Crippen molar-refractivity contribution in [3.05, 3.63) is 170 Å². The molecule has 230 valence electrons. The molecule has 0 aliphatic carbocycles. The maximum Gasteiger partial charge on any atom is 0.227 e. The summed E-state index contributed by atoms with van der Waals surface area (Å²) >= 11 is 0. The smallest absolute Gasteiger partial charge is 0.227 e. The summed E-state index contributed by atoms with van der Waals surface area (Å²) < 4.78 is 13.0. The van der Waals surface area contributed by atoms with Gasteiger partial charge in [0, 0.05) is 33.4 Å². The van der Waals surface area contributed by atoms with Crippen LogP contribution in [0.3, 0.4) is 0 Å². The standard InChI is InChI=1S/C45H28N2O2/c1-4-11-29(12-5-1)32-15-10-18-34(27-32)47(33-16-8-3-9-17-33)35-21-19-30-20-22-37-36(39(30)28-35)23-24-38-42-41(48-43(37)38)26-25-40-44(42)49-45(46-40)31-13-6-2-7-14-31/h1-28H. The second-order valence-corrected chi connectivity index (χ2v) is 12.4. The van der Waals surface area contributed by atoms with Gasteiger partial charge < -0.3 is 13.7 Å². The topological polar surface area (TPSA) is 42.4 Å². The van der Waals surface area contributed by atoms with E-state index in [4.69, 9.17) is 13.8 Å². The van der Waals surface area contributed by atoms with Gasteiger partial charge in [-0.25, -0.2) is 4.98 Å². The minimum atomic E-state index is 0.606. The Morgan fingerprint density at radius 2 is 1.06 bits per heavy atom. The Balaban J connectivity index is 1.16. The van der Waals surface area contributed by atoms with Crippen molar-refractivity contribution in [2.75, 3.05) is 4.90 Å². The Hall–Kier alpha value is -6.65. The monoisotopic (exact) mass is 628 g/mol. The molecule has 0 aliphatic rings. The SMILES string of the molecule is c1ccc(-c2cccc(N(c3ccccc3)c3ccc4ccc5c(ccc6c5oc5ccc7nc(-c8ccccc8)oc7c56)c4c3)c2)cc1. The first-order valence-electron chi connectivity index (χ1n) is 16.5. The Bertz CT molecular complexity index is 2820. The van der Waals surface area contributed by atoms with Crippen molar-refractivity contribution in [2.24, 2.45) is 0 Å². The molecule has 0 saturated carbocycles. The van der Waals surface area contributed by atoms with E-state index in [2.05, 4.69) is 132 Å². The molecule has 0 unspecified atom stereocenters. The van der Waals surface area contributed by atoms with Crippen molar-refractivity contribution in [3.8, 4) is 22.6 Å². The highest BCUT2D eigenvalue weighted by atomic mass is 16.4. The molecular weight excluding hydrogens is 601 g/mol. The van der Waals surface area contributed by atoms with Crippen LogP contribution in [-0.4, -0.2) is 4.98 Å². The number of nitrogens with zero attached hydrogens (tertiary/aromatic N) is 2. The molecule has 49 heavy (non-hydrogen) atoms. The van der Waals surface area contributed by atoms with Gasteiger partial charge in [-0.05, 0) is 100 Å². The zero-order valence-electron chi connectivity index (χ0n) is 26.4. The molecular formula is C45H28N2O2. The second-order valence-electron chi connectivity index (χ2n) is 12.4. The number of furan rings is 1. The van der Waals surface area contributed by atoms with E-state index >= 15 is 0 Å². The highest BCUT2D eigenvalue weighted by Gasteiger charge is 2.19. The average Bonchev–Trinajstić information content (AvgIpc) is 3.78. The lowest BCUT2D eigenvalue weighted by Crippen LogP contribution is -2.09. The minimum Gasteiger partial charge on any atom is -0.455 e. The Kier molecular flexibility index (Phi) is 6.15. The van der Waals surface area contributed by atoms with Gasteiger partial charge in [0.1, 0.15) is 16.7 Å². The summed E-state index contributed by atoms with van der Waals surface area (Å²) in [5.74, 6) is 0.606. The van der Waals surface area contributed by atoms with Crippen LogP contribution in [0.15, 0.2) is 179 Å². The van der Waals surface area contributed by atoms with Crippen LogP contribution in [0.5, 0.6) is 0 Å². The third kappa shape index (κ3) is 4.49. The van der Waals surface area contributed by atoms with Gasteiger partial charge in [0.05, 0.1) is 5.39 Å². The van der Waals surface area contributed by atoms with Crippen molar-refractivity contribution in [3.63, 3.8) is 0 Å². The molecule has 0 radical (unpaired) electrons. The molecule has 0 saturated heterocycles. The van der Waals surface area contributed by atoms with Crippen molar-refractivity contribution in [1.82, 2.24) is 4.98 Å². The quantitative estimate of drug-likeness (QED) is 0.178. The molecule has 10 aromatic rings. The number of hydrogen-bond acceptors (Lipinski definition) is 4. The van der Waals surface area contributed by atoms with Gasteiger partial charge in [-0.15, -0.1) is 0 Å². The molecule has 0 aliphatic heterocycles. The number of oxazole rings is 1. The number of fused-ring (bicyclic) bond motifs is 9. The second kappa shape index (κ2) is 11.0. The van der Waals surface area contributed by atoms with E-state index in [1.807, 2.05) is 42.5 Å². The average molecular weight is 629 g/mol. The number of hydrogen-bond donors (Lipinski definition) is 0. The zero-order valence-corrected chi connectivity index (χ0v) is 26.4. The van der Waals surface area contributed by atoms with Gasteiger partial charge in [0.25, 0.3) is 0 Å². The number of aromatic nitrogens is 1. The van der Waals surface area contributed by atoms with Gasteiger partial charge in [-0.3, -0.25) is 0 Å². The summed E-state index contributed by atoms with van der Waals surface area (Å²) in [5, 5.41) is 6.49. The van der Waals surface area contributed by atoms with Crippen molar-refractivity contribution < 1.29 is 8.83 Å². The molecule has 8 aromatic carbocycles. The van der Waals surface area contributed by atoms with Crippen LogP contribution in [0.4, 0.5) is 17.1 Å². The molecule has 4 nitrogen and oxygen atoms in total. The highest BCUT2D eigenvalue weighted by molar-refractivity contribution is 6.24. The molecule has 2 aromatic heterocycles. The van der Waals surface area contributed by atoms with Crippen molar-refractivity contribution in [2.45, 2.75) is 0 Å². The van der Waals surface area contributed by atoms with Gasteiger partial charge >= 0.3 is 0 Å². The Morgan fingerprint density at radius 3 is 1.88 bits per heavy atom. The summed E-state index contributed by atoms with van der Waals surface area (Å²) in [6, 6.07) is 59.3. The van der Waals surface area contributed by atoms with Crippen molar-refractivity contribution >= 4 is 71.6 Å². The normalized spacial score (nSPS) is 11.7. The molecule has 0 N–H and O–H groups in total. The van der Waals surface area contributed by atoms with Gasteiger partial charge in [-0.2, -0.15) is 0 Å². The van der Waals surface area contributed by atoms with Crippen LogP contribution in [0.1, 0.15) is 0 Å². The van der Waals surface area contributed by atoms with Gasteiger partial charge in [0.2, 0.25) is 5.89 Å². The first-order chi connectivity index (χ1) is 24.3. The lowest BCUT2D eigenvalue weighted by atomic mass is 9.98. The van der Waals surface area contributed by atoms with E-state index in [0.717, 1.165) is 71.8 Å². The van der Waals surface area contributed by atoms with E-state index in [0.29, 0.717) is 5.89 Å². The molecule has 0 amide bonds. The summed E-state index contributed by atoms with van der Waals surface area (Å²) in [4.78, 5) is 7.14. The fourth-order valence-electron chi connectivity index (χ4n) is 7.15. The maximum atomic E-state index is 6.61. The van der Waals surface area contributed by atoms with E-state index in [1.54, 1.807) is 0 Å². The third-order valence-electron chi connectivity index (χ3n) is 9.46. The summed E-state index contributed by atoms with van der Waals surface area (Å²) in [6.45, 7) is 0. The molecule has 0 fully saturated rings. The van der Waals surface area contributed by atoms with E-state index in [9.17, 15) is 0 Å². The number of anilines is 3. The molecule has 4 heteroatoms. The lowest BCUT2D eigenvalue weighted by molar-refractivity contribution is 0.622. The minimum absolute atomic E-state index is 0.606. The van der Waals surface area contributed by atoms with E-state index in [-0.39, 0.29) is 0 Å². The van der Waals surface area contributed by atoms with Crippen LogP contribution >= 0.6 is 0 Å². The number of rotatable bonds is 5. The summed E-state index contributed by atoms with van der Waals surface area (Å²) in [5.41, 5.74) is 9.78. The van der Waals surface area contributed by atoms with Crippen molar-refractivity contribution in [1.29, 1.82) is 0 Å². The van der Waals surface area contributed by atoms with E-state index < -0.39 is 0 Å². The van der Waals surface area contributed by atoms with Crippen LogP contribution < -0.4 is 4.90 Å². The fraction of sp³-hybridized carbons (Fsp3) is 0. The fourth-order valence-corrected chi connectivity index (χ4v) is 7.15. The largest absolute Gasteiger partial charge is 0.455 e. The molecule has 2 heterocycles. The highest BCUT2D eigenvalue weighted by Crippen LogP contribution is 2.43. The molecule has 0 bridgehead atoms. The van der Waals surface area contributed by atoms with Gasteiger partial charge in [-0.1, -0.05) is 97.1 Å².